The van der Waals surface area contributed by atoms with Crippen molar-refractivity contribution in [2.24, 2.45) is 5.16 Å². The number of carbonyl (C=O) groups excluding carboxylic acids is 2. The number of allylic oxidation sites excluding steroid dienone is 2. The van der Waals surface area contributed by atoms with Gasteiger partial charge in [-0.05, 0) is 29.2 Å². The molecule has 0 saturated carbocycles. The van der Waals surface area contributed by atoms with E-state index in [1.807, 2.05) is 47.3 Å². The summed E-state index contributed by atoms with van der Waals surface area (Å²) in [6.45, 7) is 0.461. The number of phenols is 2. The number of β-lactam (4-membered cyclic amide) rings is 1. The minimum Gasteiger partial charge on any atom is -0.504 e. The number of aliphatic carboxylic acids is 2. The summed E-state index contributed by atoms with van der Waals surface area (Å²) in [6.07, 6.45) is 7.94. The minimum atomic E-state index is -2.63. The molecule has 1 fully saturated rings. The lowest BCUT2D eigenvalue weighted by molar-refractivity contribution is -0.685. The number of thiazole rings is 1. The van der Waals surface area contributed by atoms with Crippen LogP contribution < -0.4 is 15.6 Å². The maximum atomic E-state index is 13.1. The Kier molecular flexibility index (Phi) is 9.37. The Bertz CT molecular complexity index is 2160. The molecule has 0 spiro atoms. The van der Waals surface area contributed by atoms with E-state index in [0.717, 1.165) is 39.1 Å². The molecule has 256 valence electrons. The number of nitrogens with one attached hydrogen (secondary N) is 1. The van der Waals surface area contributed by atoms with Gasteiger partial charge >= 0.3 is 17.5 Å². The van der Waals surface area contributed by atoms with Gasteiger partial charge in [-0.3, -0.25) is 14.5 Å². The number of nitrogens with two attached hydrogens (primary N) is 1. The van der Waals surface area contributed by atoms with Crippen molar-refractivity contribution in [3.05, 3.63) is 99.9 Å². The second kappa shape index (κ2) is 13.7. The third kappa shape index (κ3) is 6.28. The summed E-state index contributed by atoms with van der Waals surface area (Å²) >= 11 is 8.36. The lowest BCUT2D eigenvalue weighted by atomic mass is 9.90. The third-order valence-corrected chi connectivity index (χ3v) is 10.2. The first-order valence-corrected chi connectivity index (χ1v) is 16.9. The molecule has 2 aliphatic heterocycles. The Balaban J connectivity index is 1.16. The largest absolute Gasteiger partial charge is 0.504 e. The number of carbonyl (C=O) groups is 4. The zero-order chi connectivity index (χ0) is 35.7. The molecular weight excluding hydrogens is 712 g/mol. The van der Waals surface area contributed by atoms with E-state index in [9.17, 15) is 39.6 Å². The number of fused-ring (bicyclic) bond motifs is 2. The topological polar surface area (TPSA) is 229 Å². The van der Waals surface area contributed by atoms with E-state index >= 15 is 0 Å². The fourth-order valence-corrected chi connectivity index (χ4v) is 7.70. The normalized spacial score (nSPS) is 18.6. The molecule has 2 aromatic heterocycles. The van der Waals surface area contributed by atoms with E-state index in [1.165, 1.54) is 17.1 Å². The molecule has 4 heterocycles. The van der Waals surface area contributed by atoms with Crippen LogP contribution in [0.2, 0.25) is 5.02 Å². The molecule has 3 atom stereocenters. The van der Waals surface area contributed by atoms with Crippen LogP contribution in [0.3, 0.4) is 0 Å². The Labute approximate surface area is 295 Å². The van der Waals surface area contributed by atoms with Crippen molar-refractivity contribution in [2.75, 3.05) is 11.5 Å². The number of nitrogens with zero attached hydrogens (tertiary/aromatic N) is 4. The maximum Gasteiger partial charge on any atom is 0.362 e. The van der Waals surface area contributed by atoms with E-state index < -0.39 is 52.3 Å². The number of amides is 2. The average molecular weight is 738 g/mol. The van der Waals surface area contributed by atoms with Crippen LogP contribution in [-0.4, -0.2) is 77.4 Å². The van der Waals surface area contributed by atoms with Gasteiger partial charge in [-0.25, -0.2) is 19.1 Å². The van der Waals surface area contributed by atoms with Gasteiger partial charge in [0.1, 0.15) is 29.0 Å². The molecule has 2 aliphatic rings. The molecule has 4 aromatic rings. The van der Waals surface area contributed by atoms with Gasteiger partial charge in [0, 0.05) is 34.2 Å². The van der Waals surface area contributed by atoms with E-state index in [0.29, 0.717) is 18.3 Å². The summed E-state index contributed by atoms with van der Waals surface area (Å²) in [4.78, 5) is 61.4. The minimum absolute atomic E-state index is 0.0367. The highest BCUT2D eigenvalue weighted by molar-refractivity contribution is 8.00. The van der Waals surface area contributed by atoms with Gasteiger partial charge in [-0.1, -0.05) is 41.0 Å². The molecule has 6 rings (SSSR count). The second-order valence-corrected chi connectivity index (χ2v) is 13.4. The molecular formula is C32H26ClN6O9S2+. The number of oxime groups is 1. The number of pyridine rings is 1. The van der Waals surface area contributed by atoms with Crippen molar-refractivity contribution in [3.8, 4) is 11.5 Å². The molecule has 2 unspecified atom stereocenters. The van der Waals surface area contributed by atoms with Crippen molar-refractivity contribution in [1.82, 2.24) is 15.2 Å². The van der Waals surface area contributed by atoms with Crippen LogP contribution in [0, 0.1) is 0 Å². The second-order valence-electron chi connectivity index (χ2n) is 11.0. The van der Waals surface area contributed by atoms with Crippen LogP contribution in [0.5, 0.6) is 11.5 Å². The predicted octanol–water partition coefficient (Wildman–Crippen LogP) is 2.56. The highest BCUT2D eigenvalue weighted by Crippen LogP contribution is 2.44. The fourth-order valence-electron chi connectivity index (χ4n) is 5.49. The van der Waals surface area contributed by atoms with Gasteiger partial charge in [0.15, 0.2) is 35.6 Å². The number of thioether (sulfide) groups is 1. The van der Waals surface area contributed by atoms with E-state index in [4.69, 9.17) is 22.2 Å². The molecule has 7 N–H and O–H groups in total. The monoisotopic (exact) mass is 737 g/mol. The number of rotatable bonds is 11. The first-order chi connectivity index (χ1) is 23.9. The molecule has 15 nitrogen and oxygen atoms in total. The van der Waals surface area contributed by atoms with Crippen molar-refractivity contribution in [3.63, 3.8) is 0 Å². The number of carboxylic acids is 2. The zero-order valence-electron chi connectivity index (χ0n) is 25.5. The van der Waals surface area contributed by atoms with E-state index in [2.05, 4.69) is 15.5 Å². The molecule has 50 heavy (non-hydrogen) atoms. The Morgan fingerprint density at radius 3 is 2.62 bits per heavy atom. The van der Waals surface area contributed by atoms with Crippen LogP contribution in [0.4, 0.5) is 5.13 Å². The molecule has 2 amide bonds. The zero-order valence-corrected chi connectivity index (χ0v) is 27.9. The average Bonchev–Trinajstić information content (AvgIpc) is 3.53. The van der Waals surface area contributed by atoms with Crippen LogP contribution in [0.25, 0.3) is 10.8 Å². The number of hydrogen-bond acceptors (Lipinski definition) is 12. The first-order valence-electron chi connectivity index (χ1n) is 14.5. The standard InChI is InChI=1S/C32H25ClN6O9S2/c33-20-11-22(41)21(40)10-19(20)32(30(46)47,23-15-50-31(34)36-23)48-35-12-24(42)37-25-27(43)39-26(29(44)45)18(14-49-28(25)39)6-3-8-38-9-7-16-4-1-2-5-17(16)13-38/h1-7,9-13,15,25,28H,8,14H2,(H6-,34,35,36,37,40,41,42,44,45,46,47)/p+1/b6-3-/t25-,28?,32?/m1/s1. The first kappa shape index (κ1) is 34.2. The number of hydrogen-bond donors (Lipinski definition) is 6. The summed E-state index contributed by atoms with van der Waals surface area (Å²) < 4.78 is 1.94. The smallest absolute Gasteiger partial charge is 0.362 e. The van der Waals surface area contributed by atoms with E-state index in [-0.39, 0.29) is 32.9 Å². The van der Waals surface area contributed by atoms with Crippen molar-refractivity contribution in [2.45, 2.75) is 23.6 Å². The summed E-state index contributed by atoms with van der Waals surface area (Å²) in [7, 11) is 0. The van der Waals surface area contributed by atoms with Crippen LogP contribution in [0.1, 0.15) is 11.3 Å². The molecule has 2 aromatic carbocycles. The lowest BCUT2D eigenvalue weighted by Gasteiger charge is -2.49. The van der Waals surface area contributed by atoms with Crippen molar-refractivity contribution < 1.29 is 49.0 Å². The Morgan fingerprint density at radius 1 is 1.18 bits per heavy atom. The maximum absolute atomic E-state index is 13.1. The SMILES string of the molecule is Nc1nc(C(ON=CC(=O)N[C@@H]2C(=O)N3C(C(=O)O)=C(/C=C\C[n+]4ccc5ccccc5c4)CSC23)(C(=O)O)c2cc(O)c(O)cc2Cl)cs1. The highest BCUT2D eigenvalue weighted by atomic mass is 35.5. The molecule has 0 bridgehead atoms. The summed E-state index contributed by atoms with van der Waals surface area (Å²) in [5.74, 6) is -5.74. The number of carboxylic acid groups (broad SMARTS) is 2. The number of phenolic OH excluding ortho intramolecular Hbond substituents is 2. The highest BCUT2D eigenvalue weighted by Gasteiger charge is 2.54. The van der Waals surface area contributed by atoms with Crippen LogP contribution in [0.15, 0.2) is 88.8 Å². The van der Waals surface area contributed by atoms with E-state index in [1.54, 1.807) is 12.2 Å². The lowest BCUT2D eigenvalue weighted by Crippen LogP contribution is -2.70. The number of aromatic hydroxyl groups is 2. The number of benzene rings is 2. The molecule has 1 saturated heterocycles. The van der Waals surface area contributed by atoms with Crippen molar-refractivity contribution in [1.29, 1.82) is 0 Å². The predicted molar refractivity (Wildman–Crippen MR) is 182 cm³/mol. The van der Waals surface area contributed by atoms with Gasteiger partial charge in [0.2, 0.25) is 0 Å². The van der Waals surface area contributed by atoms with Gasteiger partial charge in [0.05, 0.1) is 5.02 Å². The number of halogens is 1. The molecule has 0 aliphatic carbocycles. The van der Waals surface area contributed by atoms with Crippen molar-refractivity contribution >= 4 is 80.6 Å². The van der Waals surface area contributed by atoms with Gasteiger partial charge in [0.25, 0.3) is 11.8 Å². The van der Waals surface area contributed by atoms with Gasteiger partial charge < -0.3 is 36.3 Å². The Hall–Kier alpha value is -5.65. The molecule has 18 heteroatoms. The number of anilines is 1. The summed E-state index contributed by atoms with van der Waals surface area (Å²) in [5, 5.41) is 48.5. The van der Waals surface area contributed by atoms with Crippen LogP contribution >= 0.6 is 34.7 Å². The Morgan fingerprint density at radius 2 is 1.92 bits per heavy atom. The van der Waals surface area contributed by atoms with Crippen LogP contribution in [-0.2, 0) is 36.2 Å². The number of aromatic nitrogens is 2. The van der Waals surface area contributed by atoms with Gasteiger partial charge in [-0.15, -0.1) is 23.1 Å². The fraction of sp³-hybridized carbons (Fsp3) is 0.156. The summed E-state index contributed by atoms with van der Waals surface area (Å²) in [5.41, 5.74) is 2.64. The number of nitrogen functional groups attached to an aromatic ring is 1. The molecule has 0 radical (unpaired) electrons. The third-order valence-electron chi connectivity index (χ3n) is 7.87. The van der Waals surface area contributed by atoms with Gasteiger partial charge in [-0.2, -0.15) is 0 Å². The summed E-state index contributed by atoms with van der Waals surface area (Å²) in [6, 6.07) is 10.5. The quantitative estimate of drug-likeness (QED) is 0.0429.